The molecule has 0 saturated carbocycles. The lowest BCUT2D eigenvalue weighted by Crippen LogP contribution is -2.58. The molecule has 37 heavy (non-hydrogen) atoms. The first kappa shape index (κ1) is 26.7. The van der Waals surface area contributed by atoms with Gasteiger partial charge in [-0.1, -0.05) is 31.8 Å². The minimum atomic E-state index is -1.88. The zero-order chi connectivity index (χ0) is 26.9. The van der Waals surface area contributed by atoms with Crippen molar-refractivity contribution in [3.63, 3.8) is 0 Å². The maximum atomic E-state index is 14.8. The normalized spacial score (nSPS) is 17.6. The Morgan fingerprint density at radius 3 is 2.49 bits per heavy atom. The van der Waals surface area contributed by atoms with Crippen LogP contribution in [0, 0.1) is 11.7 Å². The van der Waals surface area contributed by atoms with Crippen molar-refractivity contribution in [2.45, 2.75) is 45.4 Å². The number of urea groups is 1. The fourth-order valence-electron chi connectivity index (χ4n) is 5.04. The summed E-state index contributed by atoms with van der Waals surface area (Å²) in [5.41, 5.74) is 1.95. The van der Waals surface area contributed by atoms with Crippen molar-refractivity contribution in [3.05, 3.63) is 53.3 Å². The van der Waals surface area contributed by atoms with Crippen molar-refractivity contribution in [1.29, 1.82) is 0 Å². The smallest absolute Gasteiger partial charge is 0.320 e. The second kappa shape index (κ2) is 10.5. The number of rotatable bonds is 7. The summed E-state index contributed by atoms with van der Waals surface area (Å²) in [6.07, 6.45) is 0.563. The molecular formula is C27H34FN3O5Si. The number of anilines is 1. The summed E-state index contributed by atoms with van der Waals surface area (Å²) in [4.78, 5) is 41.2. The van der Waals surface area contributed by atoms with E-state index < -0.39 is 26.0 Å². The fourth-order valence-corrected chi connectivity index (χ4v) is 6.42. The number of benzene rings is 2. The van der Waals surface area contributed by atoms with E-state index >= 15 is 0 Å². The van der Waals surface area contributed by atoms with Crippen molar-refractivity contribution in [3.8, 4) is 5.75 Å². The Morgan fingerprint density at radius 1 is 1.14 bits per heavy atom. The number of carbonyl (C=O) groups is 3. The summed E-state index contributed by atoms with van der Waals surface area (Å²) in [7, 11) is -1.88. The van der Waals surface area contributed by atoms with E-state index in [1.807, 2.05) is 19.1 Å². The van der Waals surface area contributed by atoms with Gasteiger partial charge in [0.05, 0.1) is 21.1 Å². The van der Waals surface area contributed by atoms with Crippen LogP contribution in [0.2, 0.25) is 19.6 Å². The van der Waals surface area contributed by atoms with E-state index in [0.717, 1.165) is 5.56 Å². The van der Waals surface area contributed by atoms with Crippen LogP contribution in [0.1, 0.15) is 30.5 Å². The number of hydrogen-bond acceptors (Lipinski definition) is 4. The highest BCUT2D eigenvalue weighted by Gasteiger charge is 2.41. The first-order valence-electron chi connectivity index (χ1n) is 12.6. The molecule has 2 aromatic rings. The fraction of sp³-hybridized carbons (Fsp3) is 0.444. The average Bonchev–Trinajstić information content (AvgIpc) is 2.79. The molecule has 0 aliphatic carbocycles. The summed E-state index contributed by atoms with van der Waals surface area (Å²) in [5.74, 6) is -1.06. The number of aliphatic carboxylic acids is 1. The second-order valence-electron chi connectivity index (χ2n) is 10.7. The van der Waals surface area contributed by atoms with Gasteiger partial charge in [0.25, 0.3) is 5.91 Å². The second-order valence-corrected chi connectivity index (χ2v) is 15.8. The topological polar surface area (TPSA) is 99.2 Å². The van der Waals surface area contributed by atoms with E-state index in [1.165, 1.54) is 11.0 Å². The number of fused-ring (bicyclic) bond motifs is 1. The third kappa shape index (κ3) is 5.79. The molecule has 3 amide bonds. The Balaban J connectivity index is 1.60. The molecule has 1 fully saturated rings. The minimum absolute atomic E-state index is 0.00964. The van der Waals surface area contributed by atoms with Crippen LogP contribution in [0.5, 0.6) is 5.75 Å². The number of nitrogens with one attached hydrogen (secondary N) is 1. The number of likely N-dealkylation sites (tertiary alicyclic amines) is 1. The van der Waals surface area contributed by atoms with Crippen molar-refractivity contribution in [2.24, 2.45) is 5.92 Å². The lowest BCUT2D eigenvalue weighted by atomic mass is 9.91. The molecule has 0 radical (unpaired) electrons. The Bertz CT molecular complexity index is 1210. The van der Waals surface area contributed by atoms with Crippen molar-refractivity contribution >= 4 is 36.9 Å². The van der Waals surface area contributed by atoms with Crippen molar-refractivity contribution in [1.82, 2.24) is 9.80 Å². The lowest BCUT2D eigenvalue weighted by molar-refractivity contribution is -0.139. The third-order valence-corrected chi connectivity index (χ3v) is 8.90. The highest BCUT2D eigenvalue weighted by molar-refractivity contribution is 6.88. The van der Waals surface area contributed by atoms with Gasteiger partial charge < -0.3 is 25.0 Å². The van der Waals surface area contributed by atoms with E-state index in [2.05, 4.69) is 25.0 Å². The first-order valence-corrected chi connectivity index (χ1v) is 16.1. The van der Waals surface area contributed by atoms with Gasteiger partial charge in [-0.3, -0.25) is 9.59 Å². The van der Waals surface area contributed by atoms with Gasteiger partial charge >= 0.3 is 12.0 Å². The largest absolute Gasteiger partial charge is 0.494 e. The van der Waals surface area contributed by atoms with Crippen molar-refractivity contribution in [2.75, 3.05) is 31.6 Å². The summed E-state index contributed by atoms with van der Waals surface area (Å²) in [5, 5.41) is 12.5. The molecule has 1 saturated heterocycles. The molecule has 2 aromatic carbocycles. The maximum absolute atomic E-state index is 14.8. The van der Waals surface area contributed by atoms with E-state index in [9.17, 15) is 18.8 Å². The summed E-state index contributed by atoms with van der Waals surface area (Å²) < 4.78 is 20.5. The molecule has 2 N–H and O–H groups in total. The van der Waals surface area contributed by atoms with Gasteiger partial charge in [0, 0.05) is 31.2 Å². The number of hydrogen-bond donors (Lipinski definition) is 2. The van der Waals surface area contributed by atoms with Gasteiger partial charge in [-0.05, 0) is 53.9 Å². The van der Waals surface area contributed by atoms with Gasteiger partial charge in [-0.25, -0.2) is 9.18 Å². The van der Waals surface area contributed by atoms with Gasteiger partial charge in [0.15, 0.2) is 0 Å². The van der Waals surface area contributed by atoms with Gasteiger partial charge in [-0.2, -0.15) is 0 Å². The summed E-state index contributed by atoms with van der Waals surface area (Å²) in [6, 6.07) is 9.04. The zero-order valence-corrected chi connectivity index (χ0v) is 22.7. The molecule has 0 bridgehead atoms. The number of carboxylic acids is 1. The Hall–Kier alpha value is -3.40. The summed E-state index contributed by atoms with van der Waals surface area (Å²) in [6.45, 7) is 9.58. The van der Waals surface area contributed by atoms with Crippen LogP contribution < -0.4 is 15.2 Å². The molecule has 10 heteroatoms. The van der Waals surface area contributed by atoms with Gasteiger partial charge in [-0.15, -0.1) is 0 Å². The number of carbonyl (C=O) groups excluding carboxylic acids is 2. The quantitative estimate of drug-likeness (QED) is 0.533. The zero-order valence-electron chi connectivity index (χ0n) is 21.7. The Labute approximate surface area is 217 Å². The molecule has 198 valence electrons. The van der Waals surface area contributed by atoms with Gasteiger partial charge in [0.1, 0.15) is 17.6 Å². The molecule has 1 unspecified atom stereocenters. The molecule has 0 aromatic heterocycles. The van der Waals surface area contributed by atoms with Crippen LogP contribution in [0.3, 0.4) is 0 Å². The minimum Gasteiger partial charge on any atom is -0.494 e. The predicted octanol–water partition coefficient (Wildman–Crippen LogP) is 3.83. The highest BCUT2D eigenvalue weighted by atomic mass is 28.3. The van der Waals surface area contributed by atoms with E-state index in [4.69, 9.17) is 9.84 Å². The van der Waals surface area contributed by atoms with E-state index in [1.54, 1.807) is 23.1 Å². The molecule has 0 spiro atoms. The Kier molecular flexibility index (Phi) is 7.58. The summed E-state index contributed by atoms with van der Waals surface area (Å²) >= 11 is 0. The molecular weight excluding hydrogens is 493 g/mol. The number of ether oxygens (including phenoxy) is 1. The SMILES string of the molecule is CCOc1ccc2c(c1)CCN(C(=O)N1CC(CC(=O)O)C1)C2C(=O)Nc1ccc([Si](C)(C)C)c(F)c1. The monoisotopic (exact) mass is 527 g/mol. The molecule has 2 aliphatic rings. The number of amides is 3. The molecule has 2 aliphatic heterocycles. The predicted molar refractivity (Wildman–Crippen MR) is 141 cm³/mol. The van der Waals surface area contributed by atoms with Crippen LogP contribution in [0.4, 0.5) is 14.9 Å². The van der Waals surface area contributed by atoms with Crippen LogP contribution >= 0.6 is 0 Å². The van der Waals surface area contributed by atoms with Crippen LogP contribution in [0.15, 0.2) is 36.4 Å². The van der Waals surface area contributed by atoms with E-state index in [0.29, 0.717) is 54.8 Å². The third-order valence-electron chi connectivity index (χ3n) is 6.88. The van der Waals surface area contributed by atoms with Crippen LogP contribution in [-0.2, 0) is 16.0 Å². The Morgan fingerprint density at radius 2 is 1.86 bits per heavy atom. The van der Waals surface area contributed by atoms with Crippen molar-refractivity contribution < 1.29 is 28.6 Å². The van der Waals surface area contributed by atoms with Crippen LogP contribution in [-0.4, -0.2) is 67.1 Å². The standard InChI is InChI=1S/C27H34FN3O5Si/c1-5-36-20-7-8-21-18(13-20)10-11-31(27(35)30-15-17(16-30)12-24(32)33)25(21)26(34)29-19-6-9-23(22(28)14-19)37(2,3)4/h6-9,13-14,17,25H,5,10-12,15-16H2,1-4H3,(H,29,34)(H,32,33). The van der Waals surface area contributed by atoms with E-state index in [-0.39, 0.29) is 24.2 Å². The van der Waals surface area contributed by atoms with Crippen LogP contribution in [0.25, 0.3) is 0 Å². The molecule has 8 nitrogen and oxygen atoms in total. The molecule has 4 rings (SSSR count). The molecule has 1 atom stereocenters. The number of carboxylic acid groups (broad SMARTS) is 1. The maximum Gasteiger partial charge on any atom is 0.320 e. The number of halogens is 1. The first-order chi connectivity index (χ1) is 17.5. The highest BCUT2D eigenvalue weighted by Crippen LogP contribution is 2.35. The lowest BCUT2D eigenvalue weighted by Gasteiger charge is -2.45. The molecule has 2 heterocycles. The van der Waals surface area contributed by atoms with Gasteiger partial charge in [0.2, 0.25) is 0 Å². The number of nitrogens with zero attached hydrogens (tertiary/aromatic N) is 2. The average molecular weight is 528 g/mol.